The number of hydrogen-bond donors (Lipinski definition) is 1. The highest BCUT2D eigenvalue weighted by atomic mass is 35.5. The van der Waals surface area contributed by atoms with Gasteiger partial charge in [-0.2, -0.15) is 17.5 Å². The summed E-state index contributed by atoms with van der Waals surface area (Å²) in [6.07, 6.45) is -4.70. The lowest BCUT2D eigenvalue weighted by molar-refractivity contribution is -0.138. The summed E-state index contributed by atoms with van der Waals surface area (Å²) in [5, 5.41) is 7.14. The van der Waals surface area contributed by atoms with Crippen molar-refractivity contribution in [3.05, 3.63) is 70.2 Å². The number of rotatable bonds is 7. The topological polar surface area (TPSA) is 92.3 Å². The second-order valence-corrected chi connectivity index (χ2v) is 9.52. The van der Waals surface area contributed by atoms with Crippen LogP contribution in [0.3, 0.4) is 0 Å². The summed E-state index contributed by atoms with van der Waals surface area (Å²) in [5.74, 6) is -0.863. The summed E-state index contributed by atoms with van der Waals surface area (Å²) < 4.78 is 65.1. The maximum Gasteiger partial charge on any atom is 0.445 e. The van der Waals surface area contributed by atoms with Gasteiger partial charge in [0.1, 0.15) is 0 Å². The average Bonchev–Trinajstić information content (AvgIpc) is 3.17. The Kier molecular flexibility index (Phi) is 6.94. The maximum atomic E-state index is 13.1. The van der Waals surface area contributed by atoms with E-state index in [1.807, 2.05) is 0 Å². The van der Waals surface area contributed by atoms with Crippen molar-refractivity contribution >= 4 is 44.0 Å². The molecule has 1 amide bonds. The summed E-state index contributed by atoms with van der Waals surface area (Å²) in [4.78, 5) is 12.3. The molecule has 164 valence electrons. The number of carbonyl (C=O) groups excluding carboxylic acids is 1. The number of amides is 1. The van der Waals surface area contributed by atoms with E-state index in [4.69, 9.17) is 11.6 Å². The lowest BCUT2D eigenvalue weighted by atomic mass is 10.2. The molecule has 0 spiro atoms. The Hall–Kier alpha value is -2.54. The number of alkyl halides is 3. The summed E-state index contributed by atoms with van der Waals surface area (Å²) >= 11 is 5.96. The van der Waals surface area contributed by atoms with Gasteiger partial charge in [0.25, 0.3) is 0 Å². The molecule has 1 N–H and O–H groups in total. The van der Waals surface area contributed by atoms with Crippen LogP contribution in [0.15, 0.2) is 59.5 Å². The fourth-order valence-electron chi connectivity index (χ4n) is 2.48. The zero-order chi connectivity index (χ0) is 22.6. The number of aromatic nitrogens is 2. The van der Waals surface area contributed by atoms with Crippen LogP contribution in [0.4, 0.5) is 18.3 Å². The molecule has 31 heavy (non-hydrogen) atoms. The van der Waals surface area contributed by atoms with Gasteiger partial charge in [-0.25, -0.2) is 8.42 Å². The smallest absolute Gasteiger partial charge is 0.299 e. The number of carbonyl (C=O) groups is 1. The quantitative estimate of drug-likeness (QED) is 0.539. The van der Waals surface area contributed by atoms with E-state index >= 15 is 0 Å². The first kappa shape index (κ1) is 23.1. The summed E-state index contributed by atoms with van der Waals surface area (Å²) in [5.41, 5.74) is 0.614. The molecule has 1 aromatic heterocycles. The van der Waals surface area contributed by atoms with Crippen LogP contribution in [0.5, 0.6) is 0 Å². The first-order valence-electron chi connectivity index (χ1n) is 8.56. The summed E-state index contributed by atoms with van der Waals surface area (Å²) in [7, 11) is -4.12. The van der Waals surface area contributed by atoms with Crippen molar-refractivity contribution in [2.24, 2.45) is 0 Å². The Balaban J connectivity index is 1.83. The van der Waals surface area contributed by atoms with Gasteiger partial charge in [-0.1, -0.05) is 53.3 Å². The lowest BCUT2D eigenvalue weighted by Gasteiger charge is -2.21. The fraction of sp³-hybridized carbons (Fsp3) is 0.167. The minimum Gasteiger partial charge on any atom is -0.299 e. The number of sulfonamides is 1. The van der Waals surface area contributed by atoms with Gasteiger partial charge in [-0.15, -0.1) is 10.2 Å². The molecule has 1 heterocycles. The van der Waals surface area contributed by atoms with Crippen molar-refractivity contribution in [2.75, 3.05) is 11.9 Å². The maximum absolute atomic E-state index is 13.1. The monoisotopic (exact) mass is 490 g/mol. The van der Waals surface area contributed by atoms with Crippen molar-refractivity contribution < 1.29 is 26.4 Å². The van der Waals surface area contributed by atoms with Gasteiger partial charge < -0.3 is 0 Å². The number of hydrogen-bond acceptors (Lipinski definition) is 6. The predicted octanol–water partition coefficient (Wildman–Crippen LogP) is 4.04. The van der Waals surface area contributed by atoms with E-state index in [9.17, 15) is 26.4 Å². The zero-order valence-corrected chi connectivity index (χ0v) is 17.9. The van der Waals surface area contributed by atoms with Crippen LogP contribution in [-0.2, 0) is 27.5 Å². The largest absolute Gasteiger partial charge is 0.445 e. The highest BCUT2D eigenvalue weighted by molar-refractivity contribution is 7.89. The number of nitrogens with one attached hydrogen (secondary N) is 1. The fourth-order valence-corrected chi connectivity index (χ4v) is 4.61. The standard InChI is InChI=1S/C18H14ClF3N4O3S2/c19-13-6-8-14(9-7-13)31(28,29)26(10-12-4-2-1-3-5-12)11-15(27)23-17-25-24-16(30-17)18(20,21)22/h1-9H,10-11H2,(H,23,25,27). The van der Waals surface area contributed by atoms with Crippen LogP contribution in [0.2, 0.25) is 5.02 Å². The van der Waals surface area contributed by atoms with Crippen molar-refractivity contribution in [1.29, 1.82) is 0 Å². The molecule has 0 unspecified atom stereocenters. The molecular weight excluding hydrogens is 477 g/mol. The number of benzene rings is 2. The minimum atomic E-state index is -4.70. The van der Waals surface area contributed by atoms with Crippen LogP contribution in [0.25, 0.3) is 0 Å². The number of anilines is 1. The normalized spacial score (nSPS) is 12.2. The molecule has 3 rings (SSSR count). The second-order valence-electron chi connectivity index (χ2n) is 6.17. The SMILES string of the molecule is O=C(CN(Cc1ccccc1)S(=O)(=O)c1ccc(Cl)cc1)Nc1nnc(C(F)(F)F)s1. The molecule has 3 aromatic rings. The molecule has 0 fully saturated rings. The third-order valence-corrected chi connectivity index (χ3v) is 6.83. The van der Waals surface area contributed by atoms with Gasteiger partial charge in [0.2, 0.25) is 26.1 Å². The molecule has 13 heteroatoms. The van der Waals surface area contributed by atoms with Gasteiger partial charge in [0.05, 0.1) is 11.4 Å². The summed E-state index contributed by atoms with van der Waals surface area (Å²) in [6, 6.07) is 13.9. The Morgan fingerprint density at radius 3 is 2.29 bits per heavy atom. The van der Waals surface area contributed by atoms with E-state index in [0.717, 1.165) is 4.31 Å². The van der Waals surface area contributed by atoms with Gasteiger partial charge in [0, 0.05) is 11.6 Å². The van der Waals surface area contributed by atoms with Crippen LogP contribution < -0.4 is 5.32 Å². The van der Waals surface area contributed by atoms with Crippen LogP contribution in [0, 0.1) is 0 Å². The Morgan fingerprint density at radius 1 is 1.06 bits per heavy atom. The molecule has 0 aliphatic heterocycles. The third-order valence-electron chi connectivity index (χ3n) is 3.89. The van der Waals surface area contributed by atoms with Crippen molar-refractivity contribution in [1.82, 2.24) is 14.5 Å². The van der Waals surface area contributed by atoms with Crippen molar-refractivity contribution in [3.63, 3.8) is 0 Å². The van der Waals surface area contributed by atoms with Gasteiger partial charge in [0.15, 0.2) is 0 Å². The molecule has 0 radical (unpaired) electrons. The van der Waals surface area contributed by atoms with E-state index in [1.165, 1.54) is 24.3 Å². The molecule has 7 nitrogen and oxygen atoms in total. The Bertz CT molecular complexity index is 1150. The molecule has 0 bridgehead atoms. The number of nitrogens with zero attached hydrogens (tertiary/aromatic N) is 3. The Morgan fingerprint density at radius 2 is 1.71 bits per heavy atom. The first-order chi connectivity index (χ1) is 14.6. The van der Waals surface area contributed by atoms with Crippen LogP contribution in [0.1, 0.15) is 10.6 Å². The van der Waals surface area contributed by atoms with Crippen molar-refractivity contribution in [3.8, 4) is 0 Å². The Labute approximate surface area is 184 Å². The molecule has 0 aliphatic rings. The van der Waals surface area contributed by atoms with Crippen molar-refractivity contribution in [2.45, 2.75) is 17.6 Å². The second kappa shape index (κ2) is 9.30. The number of halogens is 4. The molecule has 0 aliphatic carbocycles. The van der Waals surface area contributed by atoms with E-state index in [0.29, 0.717) is 10.6 Å². The van der Waals surface area contributed by atoms with E-state index in [1.54, 1.807) is 30.3 Å². The highest BCUT2D eigenvalue weighted by Crippen LogP contribution is 2.33. The van der Waals surface area contributed by atoms with Crippen LogP contribution in [-0.4, -0.2) is 35.4 Å². The summed E-state index contributed by atoms with van der Waals surface area (Å²) in [6.45, 7) is -0.788. The molecule has 0 saturated heterocycles. The molecule has 0 atom stereocenters. The van der Waals surface area contributed by atoms with E-state index in [2.05, 4.69) is 15.5 Å². The lowest BCUT2D eigenvalue weighted by Crippen LogP contribution is -2.37. The third kappa shape index (κ3) is 6.00. The molecule has 2 aromatic carbocycles. The van der Waals surface area contributed by atoms with Gasteiger partial charge in [-0.05, 0) is 29.8 Å². The minimum absolute atomic E-state index is 0.0871. The molecular formula is C18H14ClF3N4O3S2. The highest BCUT2D eigenvalue weighted by Gasteiger charge is 2.36. The molecule has 0 saturated carbocycles. The first-order valence-corrected chi connectivity index (χ1v) is 11.2. The van der Waals surface area contributed by atoms with Gasteiger partial charge >= 0.3 is 6.18 Å². The van der Waals surface area contributed by atoms with E-state index < -0.39 is 33.7 Å². The van der Waals surface area contributed by atoms with Gasteiger partial charge in [-0.3, -0.25) is 10.1 Å². The van der Waals surface area contributed by atoms with Crippen LogP contribution >= 0.6 is 22.9 Å². The average molecular weight is 491 g/mol. The van der Waals surface area contributed by atoms with E-state index in [-0.39, 0.29) is 27.9 Å². The zero-order valence-electron chi connectivity index (χ0n) is 15.5. The predicted molar refractivity (Wildman–Crippen MR) is 109 cm³/mol.